The third kappa shape index (κ3) is 6.05. The largest absolute Gasteiger partial charge is 0.492 e. The fraction of sp³-hybridized carbons (Fsp3) is 0.333. The average molecular weight is 525 g/mol. The van der Waals surface area contributed by atoms with Gasteiger partial charge in [-0.1, -0.05) is 17.8 Å². The summed E-state index contributed by atoms with van der Waals surface area (Å²) in [4.78, 5) is 20.3. The van der Waals surface area contributed by atoms with Gasteiger partial charge in [-0.2, -0.15) is 0 Å². The predicted octanol–water partition coefficient (Wildman–Crippen LogP) is 4.67. The van der Waals surface area contributed by atoms with Gasteiger partial charge in [0.05, 0.1) is 21.8 Å². The summed E-state index contributed by atoms with van der Waals surface area (Å²) in [6.45, 7) is 4.11. The normalized spacial score (nSPS) is 15.7. The Hall–Kier alpha value is -2.26. The van der Waals surface area contributed by atoms with Gasteiger partial charge in [-0.15, -0.1) is 24.8 Å². The Morgan fingerprint density at radius 3 is 2.68 bits per heavy atom. The van der Waals surface area contributed by atoms with Crippen molar-refractivity contribution < 1.29 is 13.9 Å². The molecule has 2 aliphatic heterocycles. The third-order valence-electron chi connectivity index (χ3n) is 5.99. The lowest BCUT2D eigenvalue weighted by molar-refractivity contribution is -0.117. The molecule has 4 heterocycles. The van der Waals surface area contributed by atoms with Crippen LogP contribution in [0.5, 0.6) is 5.75 Å². The number of amides is 1. The molecule has 0 spiro atoms. The van der Waals surface area contributed by atoms with E-state index in [0.717, 1.165) is 48.8 Å². The van der Waals surface area contributed by atoms with Crippen LogP contribution in [0.15, 0.2) is 58.6 Å². The molecule has 0 unspecified atom stereocenters. The van der Waals surface area contributed by atoms with Crippen LogP contribution >= 0.6 is 36.6 Å². The number of pyridine rings is 1. The Bertz CT molecular complexity index is 1150. The summed E-state index contributed by atoms with van der Waals surface area (Å²) in [6, 6.07) is 12.1. The van der Waals surface area contributed by atoms with Gasteiger partial charge in [0.1, 0.15) is 23.8 Å². The zero-order valence-electron chi connectivity index (χ0n) is 18.5. The standard InChI is InChI=1S/C24H25FN4O2S.2ClH/c25-18-4-6-20(7-5-18)31-13-12-28-10-8-17(9-11-28)15-27-24(30)21-14-19-16-26-22-2-1-3-23(32-21)29(19)22;;/h1-7,14,16-17H,8-13,15H2,(H,27,30);2*1H. The van der Waals surface area contributed by atoms with Crippen LogP contribution in [0.4, 0.5) is 4.39 Å². The highest BCUT2D eigenvalue weighted by atomic mass is 35.5. The molecule has 10 heteroatoms. The Morgan fingerprint density at radius 1 is 1.15 bits per heavy atom. The smallest absolute Gasteiger partial charge is 0.258 e. The molecule has 0 atom stereocenters. The fourth-order valence-corrected chi connectivity index (χ4v) is 5.17. The maximum absolute atomic E-state index is 12.9. The van der Waals surface area contributed by atoms with E-state index in [2.05, 4.69) is 19.6 Å². The predicted molar refractivity (Wildman–Crippen MR) is 138 cm³/mol. The number of benzene rings is 1. The van der Waals surface area contributed by atoms with E-state index in [0.29, 0.717) is 29.7 Å². The Balaban J connectivity index is 0.00000162. The van der Waals surface area contributed by atoms with Gasteiger partial charge >= 0.3 is 0 Å². The topological polar surface area (TPSA) is 58.9 Å². The van der Waals surface area contributed by atoms with E-state index in [1.807, 2.05) is 24.3 Å². The van der Waals surface area contributed by atoms with Crippen LogP contribution in [0.25, 0.3) is 11.7 Å². The van der Waals surface area contributed by atoms with Gasteiger partial charge in [0.25, 0.3) is 5.91 Å². The molecule has 1 fully saturated rings. The Kier molecular flexibility index (Phi) is 9.24. The van der Waals surface area contributed by atoms with Crippen LogP contribution in [-0.4, -0.2) is 53.0 Å². The van der Waals surface area contributed by atoms with Crippen molar-refractivity contribution in [2.75, 3.05) is 32.8 Å². The number of hydrogen-bond donors (Lipinski definition) is 1. The molecule has 0 bridgehead atoms. The summed E-state index contributed by atoms with van der Waals surface area (Å²) >= 11 is 1.49. The van der Waals surface area contributed by atoms with E-state index in [9.17, 15) is 9.18 Å². The maximum atomic E-state index is 12.9. The molecule has 1 amide bonds. The number of carbonyl (C=O) groups excluding carboxylic acids is 1. The number of carbonyl (C=O) groups is 1. The molecule has 0 saturated carbocycles. The summed E-state index contributed by atoms with van der Waals surface area (Å²) in [5, 5.41) is 4.14. The van der Waals surface area contributed by atoms with E-state index in [4.69, 9.17) is 4.74 Å². The zero-order chi connectivity index (χ0) is 21.9. The Morgan fingerprint density at radius 2 is 1.91 bits per heavy atom. The van der Waals surface area contributed by atoms with Crippen LogP contribution in [0, 0.1) is 11.7 Å². The lowest BCUT2D eigenvalue weighted by Crippen LogP contribution is -2.40. The summed E-state index contributed by atoms with van der Waals surface area (Å²) in [5.41, 5.74) is 1.84. The molecule has 1 N–H and O–H groups in total. The minimum Gasteiger partial charge on any atom is -0.492 e. The SMILES string of the molecule is Cl.Cl.O=C(NCC1CCN(CCOc2ccc(F)cc2)CC1)C1=Cc2cnc3cccc(n23)S1. The second kappa shape index (κ2) is 11.9. The first kappa shape index (κ1) is 26.3. The highest BCUT2D eigenvalue weighted by molar-refractivity contribution is 8.04. The molecule has 2 aliphatic rings. The molecule has 6 nitrogen and oxygen atoms in total. The molecule has 182 valence electrons. The highest BCUT2D eigenvalue weighted by Gasteiger charge is 2.23. The summed E-state index contributed by atoms with van der Waals surface area (Å²) < 4.78 is 20.7. The Labute approximate surface area is 214 Å². The first-order valence-corrected chi connectivity index (χ1v) is 11.7. The number of thioether (sulfide) groups is 1. The van der Waals surface area contributed by atoms with E-state index >= 15 is 0 Å². The number of nitrogens with zero attached hydrogens (tertiary/aromatic N) is 3. The molecule has 3 aromatic rings. The van der Waals surface area contributed by atoms with Gasteiger partial charge in [-0.25, -0.2) is 9.37 Å². The zero-order valence-corrected chi connectivity index (χ0v) is 20.9. The van der Waals surface area contributed by atoms with E-state index < -0.39 is 0 Å². The average Bonchev–Trinajstić information content (AvgIpc) is 3.24. The number of aromatic nitrogens is 2. The van der Waals surface area contributed by atoms with Gasteiger partial charge in [0.15, 0.2) is 0 Å². The quantitative estimate of drug-likeness (QED) is 0.486. The number of likely N-dealkylation sites (tertiary alicyclic amines) is 1. The van der Waals surface area contributed by atoms with Crippen LogP contribution in [-0.2, 0) is 4.79 Å². The second-order valence-electron chi connectivity index (χ2n) is 8.15. The molecule has 34 heavy (non-hydrogen) atoms. The number of nitrogens with one attached hydrogen (secondary N) is 1. The van der Waals surface area contributed by atoms with Crippen molar-refractivity contribution >= 4 is 54.2 Å². The van der Waals surface area contributed by atoms with Crippen molar-refractivity contribution in [2.45, 2.75) is 17.9 Å². The van der Waals surface area contributed by atoms with Gasteiger partial charge in [-0.3, -0.25) is 14.1 Å². The monoisotopic (exact) mass is 524 g/mol. The minimum atomic E-state index is -0.256. The molecule has 1 saturated heterocycles. The summed E-state index contributed by atoms with van der Waals surface area (Å²) in [7, 11) is 0. The number of imidazole rings is 1. The van der Waals surface area contributed by atoms with Gasteiger partial charge in [0.2, 0.25) is 0 Å². The maximum Gasteiger partial charge on any atom is 0.258 e. The van der Waals surface area contributed by atoms with Crippen LogP contribution < -0.4 is 10.1 Å². The molecule has 2 aromatic heterocycles. The fourth-order valence-electron chi connectivity index (χ4n) is 4.16. The van der Waals surface area contributed by atoms with Crippen LogP contribution in [0.2, 0.25) is 0 Å². The third-order valence-corrected chi connectivity index (χ3v) is 7.04. The molecule has 5 rings (SSSR count). The van der Waals surface area contributed by atoms with Crippen LogP contribution in [0.3, 0.4) is 0 Å². The number of hydrogen-bond acceptors (Lipinski definition) is 5. The van der Waals surface area contributed by atoms with E-state index in [1.54, 1.807) is 18.3 Å². The van der Waals surface area contributed by atoms with E-state index in [-0.39, 0.29) is 36.5 Å². The lowest BCUT2D eigenvalue weighted by Gasteiger charge is -2.32. The number of piperidine rings is 1. The summed E-state index contributed by atoms with van der Waals surface area (Å²) in [5.74, 6) is 0.901. The summed E-state index contributed by atoms with van der Waals surface area (Å²) in [6.07, 6.45) is 5.82. The first-order chi connectivity index (χ1) is 15.7. The van der Waals surface area contributed by atoms with Gasteiger partial charge < -0.3 is 10.1 Å². The molecular weight excluding hydrogens is 498 g/mol. The van der Waals surface area contributed by atoms with Crippen molar-refractivity contribution in [1.29, 1.82) is 0 Å². The van der Waals surface area contributed by atoms with Crippen molar-refractivity contribution in [3.8, 4) is 5.75 Å². The molecule has 0 radical (unpaired) electrons. The van der Waals surface area contributed by atoms with Crippen LogP contribution in [0.1, 0.15) is 18.5 Å². The van der Waals surface area contributed by atoms with E-state index in [1.165, 1.54) is 23.9 Å². The minimum absolute atomic E-state index is 0. The molecule has 0 aliphatic carbocycles. The molecular formula is C24H27Cl2FN4O2S. The number of rotatable bonds is 7. The number of halogens is 3. The van der Waals surface area contributed by atoms with Crippen molar-refractivity contribution in [3.63, 3.8) is 0 Å². The number of ether oxygens (including phenoxy) is 1. The van der Waals surface area contributed by atoms with Gasteiger partial charge in [-0.05, 0) is 74.3 Å². The van der Waals surface area contributed by atoms with Crippen molar-refractivity contribution in [3.05, 3.63) is 65.1 Å². The molecule has 1 aromatic carbocycles. The first-order valence-electron chi connectivity index (χ1n) is 10.9. The van der Waals surface area contributed by atoms with Gasteiger partial charge in [0, 0.05) is 13.1 Å². The van der Waals surface area contributed by atoms with Crippen molar-refractivity contribution in [2.24, 2.45) is 5.92 Å². The lowest BCUT2D eigenvalue weighted by atomic mass is 9.97. The second-order valence-corrected chi connectivity index (χ2v) is 9.21. The highest BCUT2D eigenvalue weighted by Crippen LogP contribution is 2.34. The van der Waals surface area contributed by atoms with Crippen molar-refractivity contribution in [1.82, 2.24) is 19.6 Å².